The van der Waals surface area contributed by atoms with E-state index in [2.05, 4.69) is 0 Å². The monoisotopic (exact) mass is 143 g/mol. The Kier molecular flexibility index (Phi) is 1.91. The van der Waals surface area contributed by atoms with Gasteiger partial charge in [-0.2, -0.15) is 0 Å². The predicted octanol–water partition coefficient (Wildman–Crippen LogP) is -0.103. The first-order chi connectivity index (χ1) is 4.70. The van der Waals surface area contributed by atoms with Crippen molar-refractivity contribution in [3.63, 3.8) is 0 Å². The van der Waals surface area contributed by atoms with Gasteiger partial charge in [-0.15, -0.1) is 0 Å². The molecule has 1 aliphatic rings. The van der Waals surface area contributed by atoms with Crippen LogP contribution in [-0.2, 0) is 0 Å². The molecule has 0 aromatic heterocycles. The molecule has 0 aliphatic carbocycles. The molecule has 0 radical (unpaired) electrons. The van der Waals surface area contributed by atoms with E-state index < -0.39 is 12.2 Å². The molecule has 1 amide bonds. The minimum absolute atomic E-state index is 0.186. The van der Waals surface area contributed by atoms with Gasteiger partial charge in [0.15, 0.2) is 0 Å². The largest absolute Gasteiger partial charge is 0.465 e. The number of β-amino-alcohol motifs (C(OH)–C–C–N with tert-alkyl or cyclic N) is 1. The summed E-state index contributed by atoms with van der Waals surface area (Å²) in [6.07, 6.45) is 1.62. The summed E-state index contributed by atoms with van der Waals surface area (Å²) in [6, 6.07) is 0. The molecule has 0 saturated carbocycles. The molecule has 4 nitrogen and oxygen atoms in total. The molecule has 1 rings (SSSR count). The van der Waals surface area contributed by atoms with E-state index in [0.717, 1.165) is 4.90 Å². The van der Waals surface area contributed by atoms with Crippen LogP contribution in [0.1, 0.15) is 0 Å². The molecule has 1 atom stereocenters. The second kappa shape index (κ2) is 2.70. The lowest BCUT2D eigenvalue weighted by atomic mass is 10.2. The zero-order valence-electron chi connectivity index (χ0n) is 5.40. The standard InChI is InChI=1S/C6H9NO3/c8-5-2-1-3-7(4-5)6(9)10/h1-2,5,8H,3-4H2,(H,9,10)/t5-/m0/s1. The van der Waals surface area contributed by atoms with Gasteiger partial charge in [-0.25, -0.2) is 4.79 Å². The highest BCUT2D eigenvalue weighted by Gasteiger charge is 2.16. The number of hydrogen-bond acceptors (Lipinski definition) is 2. The maximum Gasteiger partial charge on any atom is 0.407 e. The van der Waals surface area contributed by atoms with Gasteiger partial charge in [-0.05, 0) is 0 Å². The zero-order valence-corrected chi connectivity index (χ0v) is 5.40. The van der Waals surface area contributed by atoms with Gasteiger partial charge in [0.2, 0.25) is 0 Å². The van der Waals surface area contributed by atoms with Gasteiger partial charge >= 0.3 is 6.09 Å². The third-order valence-corrected chi connectivity index (χ3v) is 1.36. The first-order valence-electron chi connectivity index (χ1n) is 3.03. The first-order valence-corrected chi connectivity index (χ1v) is 3.03. The van der Waals surface area contributed by atoms with E-state index in [4.69, 9.17) is 10.2 Å². The van der Waals surface area contributed by atoms with E-state index >= 15 is 0 Å². The Morgan fingerprint density at radius 2 is 2.40 bits per heavy atom. The number of carbonyl (C=O) groups is 1. The number of rotatable bonds is 0. The second-order valence-corrected chi connectivity index (χ2v) is 2.18. The van der Waals surface area contributed by atoms with Gasteiger partial charge in [-0.1, -0.05) is 12.2 Å². The molecule has 0 aromatic rings. The summed E-state index contributed by atoms with van der Waals surface area (Å²) >= 11 is 0. The average Bonchev–Trinajstić information content (AvgIpc) is 1.88. The fourth-order valence-corrected chi connectivity index (χ4v) is 0.863. The first kappa shape index (κ1) is 7.08. The predicted molar refractivity (Wildman–Crippen MR) is 34.7 cm³/mol. The van der Waals surface area contributed by atoms with Crippen LogP contribution in [0.15, 0.2) is 12.2 Å². The quantitative estimate of drug-likeness (QED) is 0.465. The number of amides is 1. The average molecular weight is 143 g/mol. The molecule has 0 saturated heterocycles. The maximum absolute atomic E-state index is 10.3. The Hall–Kier alpha value is -1.03. The molecule has 2 N–H and O–H groups in total. The van der Waals surface area contributed by atoms with Gasteiger partial charge in [0.25, 0.3) is 0 Å². The lowest BCUT2D eigenvalue weighted by molar-refractivity contribution is 0.115. The molecule has 0 aromatic carbocycles. The number of carboxylic acid groups (broad SMARTS) is 1. The summed E-state index contributed by atoms with van der Waals surface area (Å²) in [4.78, 5) is 11.4. The van der Waals surface area contributed by atoms with Gasteiger partial charge in [0.1, 0.15) is 0 Å². The third kappa shape index (κ3) is 1.48. The number of aliphatic hydroxyl groups is 1. The van der Waals surface area contributed by atoms with Crippen molar-refractivity contribution in [3.8, 4) is 0 Å². The molecule has 0 spiro atoms. The van der Waals surface area contributed by atoms with E-state index in [9.17, 15) is 4.79 Å². The number of aliphatic hydroxyl groups excluding tert-OH is 1. The SMILES string of the molecule is O=C(O)N1CC=C[C@H](O)C1. The Labute approximate surface area is 58.4 Å². The van der Waals surface area contributed by atoms with Gasteiger partial charge in [0.05, 0.1) is 12.6 Å². The van der Waals surface area contributed by atoms with E-state index in [1.165, 1.54) is 0 Å². The maximum atomic E-state index is 10.3. The molecule has 4 heteroatoms. The van der Waals surface area contributed by atoms with Crippen LogP contribution in [0.3, 0.4) is 0 Å². The molecule has 0 fully saturated rings. The van der Waals surface area contributed by atoms with Crippen LogP contribution in [0.25, 0.3) is 0 Å². The normalized spacial score (nSPS) is 24.9. The van der Waals surface area contributed by atoms with Crippen molar-refractivity contribution in [1.82, 2.24) is 4.90 Å². The fourth-order valence-electron chi connectivity index (χ4n) is 0.863. The summed E-state index contributed by atoms with van der Waals surface area (Å²) in [5, 5.41) is 17.4. The third-order valence-electron chi connectivity index (χ3n) is 1.36. The van der Waals surface area contributed by atoms with Crippen molar-refractivity contribution >= 4 is 6.09 Å². The molecule has 0 unspecified atom stereocenters. The second-order valence-electron chi connectivity index (χ2n) is 2.18. The number of hydrogen-bond donors (Lipinski definition) is 2. The Morgan fingerprint density at radius 3 is 2.80 bits per heavy atom. The molecule has 0 bridgehead atoms. The van der Waals surface area contributed by atoms with Gasteiger partial charge in [-0.3, -0.25) is 0 Å². The fraction of sp³-hybridized carbons (Fsp3) is 0.500. The van der Waals surface area contributed by atoms with Crippen LogP contribution in [0.2, 0.25) is 0 Å². The summed E-state index contributed by atoms with van der Waals surface area (Å²) in [5.74, 6) is 0. The lowest BCUT2D eigenvalue weighted by Gasteiger charge is -2.22. The minimum atomic E-state index is -0.983. The molecule has 1 aliphatic heterocycles. The number of nitrogens with zero attached hydrogens (tertiary/aromatic N) is 1. The van der Waals surface area contributed by atoms with E-state index in [0.29, 0.717) is 6.54 Å². The van der Waals surface area contributed by atoms with Gasteiger partial charge in [0, 0.05) is 6.54 Å². The molecule has 56 valence electrons. The lowest BCUT2D eigenvalue weighted by Crippen LogP contribution is -2.38. The van der Waals surface area contributed by atoms with Crippen LogP contribution in [-0.4, -0.2) is 40.4 Å². The van der Waals surface area contributed by atoms with Crippen molar-refractivity contribution in [2.24, 2.45) is 0 Å². The molecular weight excluding hydrogens is 134 g/mol. The smallest absolute Gasteiger partial charge is 0.407 e. The topological polar surface area (TPSA) is 60.8 Å². The van der Waals surface area contributed by atoms with E-state index in [1.807, 2.05) is 0 Å². The van der Waals surface area contributed by atoms with Crippen LogP contribution >= 0.6 is 0 Å². The summed E-state index contributed by atoms with van der Waals surface area (Å²) < 4.78 is 0. The van der Waals surface area contributed by atoms with Crippen LogP contribution in [0, 0.1) is 0 Å². The highest BCUT2D eigenvalue weighted by atomic mass is 16.4. The van der Waals surface area contributed by atoms with Crippen LogP contribution in [0.4, 0.5) is 4.79 Å². The van der Waals surface area contributed by atoms with Crippen molar-refractivity contribution in [2.75, 3.05) is 13.1 Å². The van der Waals surface area contributed by atoms with E-state index in [1.54, 1.807) is 12.2 Å². The summed E-state index contributed by atoms with van der Waals surface area (Å²) in [5.41, 5.74) is 0. The zero-order chi connectivity index (χ0) is 7.56. The Bertz CT molecular complexity index is 166. The van der Waals surface area contributed by atoms with E-state index in [-0.39, 0.29) is 6.54 Å². The highest BCUT2D eigenvalue weighted by molar-refractivity contribution is 5.65. The van der Waals surface area contributed by atoms with Crippen LogP contribution in [0.5, 0.6) is 0 Å². The molecular formula is C6H9NO3. The van der Waals surface area contributed by atoms with Crippen molar-refractivity contribution in [1.29, 1.82) is 0 Å². The molecule has 1 heterocycles. The van der Waals surface area contributed by atoms with Crippen molar-refractivity contribution in [3.05, 3.63) is 12.2 Å². The van der Waals surface area contributed by atoms with Crippen molar-refractivity contribution < 1.29 is 15.0 Å². The summed E-state index contributed by atoms with van der Waals surface area (Å²) in [7, 11) is 0. The van der Waals surface area contributed by atoms with Crippen LogP contribution < -0.4 is 0 Å². The minimum Gasteiger partial charge on any atom is -0.465 e. The molecule has 10 heavy (non-hydrogen) atoms. The summed E-state index contributed by atoms with van der Waals surface area (Å²) in [6.45, 7) is 0.568. The Balaban J connectivity index is 2.52. The highest BCUT2D eigenvalue weighted by Crippen LogP contribution is 2.01. The van der Waals surface area contributed by atoms with Gasteiger partial charge < -0.3 is 15.1 Å². The van der Waals surface area contributed by atoms with Crippen molar-refractivity contribution in [2.45, 2.75) is 6.10 Å². The Morgan fingerprint density at radius 1 is 1.70 bits per heavy atom.